The Morgan fingerprint density at radius 1 is 0.920 bits per heavy atom. The lowest BCUT2D eigenvalue weighted by molar-refractivity contribution is 0.354. The Kier molecular flexibility index (Phi) is 5.20. The molecule has 0 amide bonds. The summed E-state index contributed by atoms with van der Waals surface area (Å²) in [7, 11) is -5.62. The third-order valence-electron chi connectivity index (χ3n) is 3.18. The van der Waals surface area contributed by atoms with E-state index in [0.29, 0.717) is 5.75 Å². The number of methoxy groups -OCH3 is 2. The van der Waals surface area contributed by atoms with Crippen molar-refractivity contribution in [3.05, 3.63) is 42.2 Å². The molecule has 0 atom stereocenters. The van der Waals surface area contributed by atoms with E-state index in [9.17, 15) is 21.2 Å². The van der Waals surface area contributed by atoms with Crippen LogP contribution in [0, 0.1) is 5.82 Å². The molecule has 2 rings (SSSR count). The molecule has 25 heavy (non-hydrogen) atoms. The Labute approximate surface area is 144 Å². The molecule has 0 spiro atoms. The maximum Gasteiger partial charge on any atom is 0.262 e. The first-order valence-electron chi connectivity index (χ1n) is 6.65. The van der Waals surface area contributed by atoms with Crippen molar-refractivity contribution in [2.24, 2.45) is 5.14 Å². The van der Waals surface area contributed by atoms with Crippen molar-refractivity contribution in [3.8, 4) is 11.5 Å². The van der Waals surface area contributed by atoms with Crippen molar-refractivity contribution >= 4 is 25.7 Å². The van der Waals surface area contributed by atoms with Crippen LogP contribution in [0.1, 0.15) is 0 Å². The Balaban J connectivity index is 2.46. The van der Waals surface area contributed by atoms with Crippen LogP contribution in [-0.4, -0.2) is 31.1 Å². The van der Waals surface area contributed by atoms with Gasteiger partial charge in [0, 0.05) is 6.07 Å². The van der Waals surface area contributed by atoms with Crippen molar-refractivity contribution in [3.63, 3.8) is 0 Å². The topological polar surface area (TPSA) is 125 Å². The minimum absolute atomic E-state index is 0.157. The molecule has 0 aromatic heterocycles. The zero-order chi connectivity index (χ0) is 18.8. The molecule has 0 fully saturated rings. The number of ether oxygens (including phenoxy) is 2. The molecule has 0 unspecified atom stereocenters. The van der Waals surface area contributed by atoms with Crippen LogP contribution in [0.3, 0.4) is 0 Å². The quantitative estimate of drug-likeness (QED) is 0.766. The van der Waals surface area contributed by atoms with Gasteiger partial charge in [-0.05, 0) is 30.3 Å². The highest BCUT2D eigenvalue weighted by molar-refractivity contribution is 7.92. The lowest BCUT2D eigenvalue weighted by atomic mass is 10.3. The third-order valence-corrected chi connectivity index (χ3v) is 5.45. The maximum atomic E-state index is 13.9. The highest BCUT2D eigenvalue weighted by Gasteiger charge is 2.20. The van der Waals surface area contributed by atoms with E-state index in [1.165, 1.54) is 32.4 Å². The summed E-state index contributed by atoms with van der Waals surface area (Å²) in [5, 5.41) is 4.96. The number of rotatable bonds is 6. The lowest BCUT2D eigenvalue weighted by Crippen LogP contribution is -2.16. The van der Waals surface area contributed by atoms with E-state index in [2.05, 4.69) is 0 Å². The predicted molar refractivity (Wildman–Crippen MR) is 88.1 cm³/mol. The zero-order valence-electron chi connectivity index (χ0n) is 13.2. The van der Waals surface area contributed by atoms with Gasteiger partial charge in [0.15, 0.2) is 11.5 Å². The highest BCUT2D eigenvalue weighted by atomic mass is 32.2. The minimum atomic E-state index is -4.22. The molecule has 2 aromatic carbocycles. The second-order valence-corrected chi connectivity index (χ2v) is 8.05. The normalized spacial score (nSPS) is 11.8. The van der Waals surface area contributed by atoms with E-state index in [-0.39, 0.29) is 10.6 Å². The molecule has 136 valence electrons. The standard InChI is InChI=1S/C14H15FN2O6S2/c1-22-13-6-4-10(8-14(13)23-2)25(20,21)17-12-7-9(24(16,18)19)3-5-11(12)15/h3-8,17H,1-2H3,(H2,16,18,19). The van der Waals surface area contributed by atoms with Gasteiger partial charge >= 0.3 is 0 Å². The van der Waals surface area contributed by atoms with Gasteiger partial charge < -0.3 is 9.47 Å². The van der Waals surface area contributed by atoms with Gasteiger partial charge in [-0.15, -0.1) is 0 Å². The first-order chi connectivity index (χ1) is 11.6. The largest absolute Gasteiger partial charge is 0.493 e. The molecule has 0 aliphatic carbocycles. The summed E-state index contributed by atoms with van der Waals surface area (Å²) < 4.78 is 73.4. The Hall–Kier alpha value is -2.37. The summed E-state index contributed by atoms with van der Waals surface area (Å²) in [6.45, 7) is 0. The van der Waals surface area contributed by atoms with E-state index >= 15 is 0 Å². The van der Waals surface area contributed by atoms with Crippen LogP contribution in [0.15, 0.2) is 46.2 Å². The van der Waals surface area contributed by atoms with Gasteiger partial charge in [-0.25, -0.2) is 26.4 Å². The van der Waals surface area contributed by atoms with Crippen LogP contribution in [-0.2, 0) is 20.0 Å². The van der Waals surface area contributed by atoms with Gasteiger partial charge in [-0.1, -0.05) is 0 Å². The van der Waals surface area contributed by atoms with Gasteiger partial charge in [-0.2, -0.15) is 0 Å². The van der Waals surface area contributed by atoms with Crippen LogP contribution >= 0.6 is 0 Å². The molecule has 2 aromatic rings. The molecule has 11 heteroatoms. The fourth-order valence-corrected chi connectivity index (χ4v) is 3.56. The number of sulfonamides is 2. The second-order valence-electron chi connectivity index (χ2n) is 4.81. The fourth-order valence-electron chi connectivity index (χ4n) is 1.95. The van der Waals surface area contributed by atoms with Crippen LogP contribution in [0.5, 0.6) is 11.5 Å². The molecule has 0 saturated heterocycles. The van der Waals surface area contributed by atoms with E-state index in [0.717, 1.165) is 18.2 Å². The van der Waals surface area contributed by atoms with Crippen LogP contribution in [0.4, 0.5) is 10.1 Å². The minimum Gasteiger partial charge on any atom is -0.493 e. The molecule has 0 saturated carbocycles. The van der Waals surface area contributed by atoms with Crippen LogP contribution < -0.4 is 19.3 Å². The first-order valence-corrected chi connectivity index (χ1v) is 9.68. The van der Waals surface area contributed by atoms with Crippen molar-refractivity contribution in [1.82, 2.24) is 0 Å². The number of nitrogens with one attached hydrogen (secondary N) is 1. The monoisotopic (exact) mass is 390 g/mol. The molecule has 3 N–H and O–H groups in total. The lowest BCUT2D eigenvalue weighted by Gasteiger charge is -2.12. The fraction of sp³-hybridized carbons (Fsp3) is 0.143. The smallest absolute Gasteiger partial charge is 0.262 e. The van der Waals surface area contributed by atoms with Gasteiger partial charge in [0.1, 0.15) is 5.82 Å². The average molecular weight is 390 g/mol. The summed E-state index contributed by atoms with van der Waals surface area (Å²) in [6, 6.07) is 6.30. The number of primary sulfonamides is 1. The molecule has 0 aliphatic heterocycles. The average Bonchev–Trinajstić information content (AvgIpc) is 2.54. The van der Waals surface area contributed by atoms with E-state index in [1.54, 1.807) is 0 Å². The molecule has 0 radical (unpaired) electrons. The number of anilines is 1. The van der Waals surface area contributed by atoms with Crippen molar-refractivity contribution in [1.29, 1.82) is 0 Å². The molecule has 0 aliphatic rings. The number of benzene rings is 2. The molecule has 0 bridgehead atoms. The van der Waals surface area contributed by atoms with Crippen molar-refractivity contribution in [2.45, 2.75) is 9.79 Å². The Bertz CT molecular complexity index is 1010. The number of hydrogen-bond donors (Lipinski definition) is 2. The number of nitrogens with two attached hydrogens (primary N) is 1. The summed E-state index contributed by atoms with van der Waals surface area (Å²) in [6.07, 6.45) is 0. The number of halogens is 1. The Morgan fingerprint density at radius 2 is 1.52 bits per heavy atom. The Morgan fingerprint density at radius 3 is 2.08 bits per heavy atom. The maximum absolute atomic E-state index is 13.9. The van der Waals surface area contributed by atoms with E-state index in [4.69, 9.17) is 14.6 Å². The van der Waals surface area contributed by atoms with Gasteiger partial charge in [0.25, 0.3) is 10.0 Å². The number of hydrogen-bond acceptors (Lipinski definition) is 6. The molecule has 0 heterocycles. The summed E-state index contributed by atoms with van der Waals surface area (Å²) in [4.78, 5) is -0.663. The molecule has 8 nitrogen and oxygen atoms in total. The van der Waals surface area contributed by atoms with Crippen molar-refractivity contribution < 1.29 is 30.7 Å². The third kappa shape index (κ3) is 4.18. The summed E-state index contributed by atoms with van der Waals surface area (Å²) >= 11 is 0. The van der Waals surface area contributed by atoms with Crippen LogP contribution in [0.2, 0.25) is 0 Å². The molecular formula is C14H15FN2O6S2. The van der Waals surface area contributed by atoms with Gasteiger partial charge in [0.05, 0.1) is 29.7 Å². The van der Waals surface area contributed by atoms with Crippen LogP contribution in [0.25, 0.3) is 0 Å². The van der Waals surface area contributed by atoms with E-state index in [1.807, 2.05) is 4.72 Å². The summed E-state index contributed by atoms with van der Waals surface area (Å²) in [5.74, 6) is -0.496. The highest BCUT2D eigenvalue weighted by Crippen LogP contribution is 2.30. The van der Waals surface area contributed by atoms with E-state index < -0.39 is 36.4 Å². The van der Waals surface area contributed by atoms with Gasteiger partial charge in [0.2, 0.25) is 10.0 Å². The second kappa shape index (κ2) is 6.86. The first kappa shape index (κ1) is 19.0. The predicted octanol–water partition coefficient (Wildman–Crippen LogP) is 1.29. The van der Waals surface area contributed by atoms with Gasteiger partial charge in [-0.3, -0.25) is 4.72 Å². The zero-order valence-corrected chi connectivity index (χ0v) is 14.8. The summed E-state index contributed by atoms with van der Waals surface area (Å²) in [5.41, 5.74) is -0.554. The van der Waals surface area contributed by atoms with Crippen molar-refractivity contribution in [2.75, 3.05) is 18.9 Å². The molecular weight excluding hydrogens is 375 g/mol. The SMILES string of the molecule is COc1ccc(S(=O)(=O)Nc2cc(S(N)(=O)=O)ccc2F)cc1OC.